The summed E-state index contributed by atoms with van der Waals surface area (Å²) in [5.74, 6) is 1.80. The Labute approximate surface area is 116 Å². The fourth-order valence-corrected chi connectivity index (χ4v) is 3.96. The molecule has 1 amide bonds. The highest BCUT2D eigenvalue weighted by atomic mass is 79.9. The third kappa shape index (κ3) is 2.61. The molecule has 96 valence electrons. The molecule has 2 aliphatic rings. The van der Waals surface area contributed by atoms with E-state index in [1.54, 1.807) is 0 Å². The molecule has 3 rings (SSSR count). The fraction of sp³-hybridized carbons (Fsp3) is 0.533. The van der Waals surface area contributed by atoms with Crippen molar-refractivity contribution >= 4 is 21.8 Å². The Kier molecular flexibility index (Phi) is 3.42. The minimum atomic E-state index is 0.172. The van der Waals surface area contributed by atoms with Gasteiger partial charge in [-0.25, -0.2) is 0 Å². The van der Waals surface area contributed by atoms with Gasteiger partial charge in [0.05, 0.1) is 6.42 Å². The van der Waals surface area contributed by atoms with Crippen molar-refractivity contribution < 1.29 is 4.79 Å². The molecule has 3 heteroatoms. The first-order valence-corrected chi connectivity index (χ1v) is 7.54. The van der Waals surface area contributed by atoms with Crippen molar-refractivity contribution in [3.8, 4) is 0 Å². The minimum Gasteiger partial charge on any atom is -0.353 e. The predicted octanol–water partition coefficient (Wildman–Crippen LogP) is 3.30. The van der Waals surface area contributed by atoms with Crippen LogP contribution in [0.1, 0.15) is 31.2 Å². The molecule has 0 unspecified atom stereocenters. The molecule has 1 aromatic rings. The number of carbonyl (C=O) groups is 1. The molecular formula is C15H18BrNO. The highest BCUT2D eigenvalue weighted by molar-refractivity contribution is 9.10. The standard InChI is InChI=1S/C15H18BrNO/c16-13-3-1-2-10(7-13)9-15(18)17-14-8-11-4-5-12(14)6-11/h1-3,7,11-12,14H,4-6,8-9H2,(H,17,18)/t11-,12+,14+/m0/s1. The number of amides is 1. The SMILES string of the molecule is O=C(Cc1cccc(Br)c1)N[C@@H]1C[C@H]2CC[C@@H]1C2. The fourth-order valence-electron chi connectivity index (χ4n) is 3.51. The van der Waals surface area contributed by atoms with Gasteiger partial charge in [-0.1, -0.05) is 34.5 Å². The van der Waals surface area contributed by atoms with E-state index in [-0.39, 0.29) is 5.91 Å². The molecule has 1 aromatic carbocycles. The molecule has 3 atom stereocenters. The van der Waals surface area contributed by atoms with Crippen molar-refractivity contribution in [2.75, 3.05) is 0 Å². The maximum atomic E-state index is 12.0. The number of halogens is 1. The van der Waals surface area contributed by atoms with Gasteiger partial charge in [-0.3, -0.25) is 4.79 Å². The topological polar surface area (TPSA) is 29.1 Å². The second-order valence-electron chi connectivity index (χ2n) is 5.66. The highest BCUT2D eigenvalue weighted by Crippen LogP contribution is 2.44. The van der Waals surface area contributed by atoms with Crippen LogP contribution in [0.25, 0.3) is 0 Å². The second-order valence-corrected chi connectivity index (χ2v) is 6.57. The van der Waals surface area contributed by atoms with E-state index in [4.69, 9.17) is 0 Å². The van der Waals surface area contributed by atoms with Crippen LogP contribution >= 0.6 is 15.9 Å². The zero-order chi connectivity index (χ0) is 12.5. The van der Waals surface area contributed by atoms with E-state index in [0.717, 1.165) is 21.9 Å². The summed E-state index contributed by atoms with van der Waals surface area (Å²) in [6, 6.07) is 8.43. The summed E-state index contributed by atoms with van der Waals surface area (Å²) >= 11 is 3.44. The number of carbonyl (C=O) groups excluding carboxylic acids is 1. The van der Waals surface area contributed by atoms with Crippen LogP contribution < -0.4 is 5.32 Å². The zero-order valence-corrected chi connectivity index (χ0v) is 11.9. The molecule has 1 N–H and O–H groups in total. The largest absolute Gasteiger partial charge is 0.353 e. The first-order valence-electron chi connectivity index (χ1n) is 6.74. The third-order valence-electron chi connectivity index (χ3n) is 4.34. The maximum Gasteiger partial charge on any atom is 0.224 e. The summed E-state index contributed by atoms with van der Waals surface area (Å²) in [4.78, 5) is 12.0. The van der Waals surface area contributed by atoms with E-state index in [2.05, 4.69) is 21.2 Å². The molecule has 0 aromatic heterocycles. The van der Waals surface area contributed by atoms with Gasteiger partial charge in [0.2, 0.25) is 5.91 Å². The van der Waals surface area contributed by atoms with Crippen molar-refractivity contribution in [3.05, 3.63) is 34.3 Å². The van der Waals surface area contributed by atoms with Crippen LogP contribution in [0.15, 0.2) is 28.7 Å². The molecule has 0 aliphatic heterocycles. The Morgan fingerprint density at radius 2 is 2.22 bits per heavy atom. The van der Waals surface area contributed by atoms with Crippen molar-refractivity contribution in [2.24, 2.45) is 11.8 Å². The van der Waals surface area contributed by atoms with Crippen LogP contribution in [0.2, 0.25) is 0 Å². The lowest BCUT2D eigenvalue weighted by molar-refractivity contribution is -0.121. The smallest absolute Gasteiger partial charge is 0.224 e. The van der Waals surface area contributed by atoms with Crippen LogP contribution in [0.3, 0.4) is 0 Å². The van der Waals surface area contributed by atoms with Crippen molar-refractivity contribution in [2.45, 2.75) is 38.1 Å². The summed E-state index contributed by atoms with van der Waals surface area (Å²) in [6.45, 7) is 0. The highest BCUT2D eigenvalue weighted by Gasteiger charge is 2.39. The monoisotopic (exact) mass is 307 g/mol. The molecule has 2 fully saturated rings. The Morgan fingerprint density at radius 3 is 2.89 bits per heavy atom. The lowest BCUT2D eigenvalue weighted by Gasteiger charge is -2.22. The Hall–Kier alpha value is -0.830. The number of fused-ring (bicyclic) bond motifs is 2. The summed E-state index contributed by atoms with van der Waals surface area (Å²) in [5.41, 5.74) is 1.07. The molecule has 2 saturated carbocycles. The molecule has 0 saturated heterocycles. The quantitative estimate of drug-likeness (QED) is 0.912. The summed E-state index contributed by atoms with van der Waals surface area (Å²) < 4.78 is 1.03. The molecule has 18 heavy (non-hydrogen) atoms. The molecule has 2 nitrogen and oxygen atoms in total. The number of benzene rings is 1. The first kappa shape index (κ1) is 12.2. The minimum absolute atomic E-state index is 0.172. The average molecular weight is 308 g/mol. The summed E-state index contributed by atoms with van der Waals surface area (Å²) in [6.07, 6.45) is 5.72. The van der Waals surface area contributed by atoms with E-state index in [1.807, 2.05) is 24.3 Å². The van der Waals surface area contributed by atoms with Gasteiger partial charge in [0.15, 0.2) is 0 Å². The van der Waals surface area contributed by atoms with Gasteiger partial charge in [-0.2, -0.15) is 0 Å². The van der Waals surface area contributed by atoms with Gasteiger partial charge >= 0.3 is 0 Å². The summed E-state index contributed by atoms with van der Waals surface area (Å²) in [5, 5.41) is 3.22. The van der Waals surface area contributed by atoms with E-state index < -0.39 is 0 Å². The molecule has 2 aliphatic carbocycles. The van der Waals surface area contributed by atoms with Crippen LogP contribution in [-0.4, -0.2) is 11.9 Å². The van der Waals surface area contributed by atoms with Gasteiger partial charge < -0.3 is 5.32 Å². The van der Waals surface area contributed by atoms with Crippen molar-refractivity contribution in [3.63, 3.8) is 0 Å². The van der Waals surface area contributed by atoms with Crippen LogP contribution in [-0.2, 0) is 11.2 Å². The number of nitrogens with one attached hydrogen (secondary N) is 1. The molecule has 0 radical (unpaired) electrons. The van der Waals surface area contributed by atoms with Gasteiger partial charge in [0.1, 0.15) is 0 Å². The van der Waals surface area contributed by atoms with Crippen molar-refractivity contribution in [1.29, 1.82) is 0 Å². The van der Waals surface area contributed by atoms with Crippen molar-refractivity contribution in [1.82, 2.24) is 5.32 Å². The lowest BCUT2D eigenvalue weighted by Crippen LogP contribution is -2.39. The predicted molar refractivity (Wildman–Crippen MR) is 75.2 cm³/mol. The third-order valence-corrected chi connectivity index (χ3v) is 4.83. The van der Waals surface area contributed by atoms with Gasteiger partial charge in [0.25, 0.3) is 0 Å². The van der Waals surface area contributed by atoms with Gasteiger partial charge in [-0.15, -0.1) is 0 Å². The first-order chi connectivity index (χ1) is 8.70. The summed E-state index contributed by atoms with van der Waals surface area (Å²) in [7, 11) is 0. The Morgan fingerprint density at radius 1 is 1.33 bits per heavy atom. The second kappa shape index (κ2) is 5.04. The molecular weight excluding hydrogens is 290 g/mol. The van der Waals surface area contributed by atoms with Crippen LogP contribution in [0.4, 0.5) is 0 Å². The number of hydrogen-bond donors (Lipinski definition) is 1. The molecule has 2 bridgehead atoms. The van der Waals surface area contributed by atoms with E-state index >= 15 is 0 Å². The van der Waals surface area contributed by atoms with E-state index in [9.17, 15) is 4.79 Å². The normalized spacial score (nSPS) is 29.5. The van der Waals surface area contributed by atoms with E-state index in [1.165, 1.54) is 25.7 Å². The average Bonchev–Trinajstić information content (AvgIpc) is 2.90. The Bertz CT molecular complexity index is 460. The number of hydrogen-bond acceptors (Lipinski definition) is 1. The van der Waals surface area contributed by atoms with E-state index in [0.29, 0.717) is 12.5 Å². The Balaban J connectivity index is 1.56. The van der Waals surface area contributed by atoms with Crippen LogP contribution in [0.5, 0.6) is 0 Å². The van der Waals surface area contributed by atoms with Gasteiger partial charge in [0, 0.05) is 10.5 Å². The van der Waals surface area contributed by atoms with Crippen LogP contribution in [0, 0.1) is 11.8 Å². The maximum absolute atomic E-state index is 12.0. The molecule has 0 spiro atoms. The number of rotatable bonds is 3. The van der Waals surface area contributed by atoms with Gasteiger partial charge in [-0.05, 0) is 48.8 Å². The lowest BCUT2D eigenvalue weighted by atomic mass is 9.95. The zero-order valence-electron chi connectivity index (χ0n) is 10.4. The molecule has 0 heterocycles.